The van der Waals surface area contributed by atoms with Gasteiger partial charge < -0.3 is 14.8 Å². The number of aryl methyl sites for hydroxylation is 1. The molecule has 0 aliphatic rings. The first-order valence-corrected chi connectivity index (χ1v) is 7.07. The van der Waals surface area contributed by atoms with Gasteiger partial charge in [-0.2, -0.15) is 0 Å². The zero-order valence-electron chi connectivity index (χ0n) is 11.6. The van der Waals surface area contributed by atoms with Crippen LogP contribution in [0.3, 0.4) is 0 Å². The molecule has 4 nitrogen and oxygen atoms in total. The highest BCUT2D eigenvalue weighted by Gasteiger charge is 2.11. The number of benzene rings is 2. The average molecular weight is 303 g/mol. The zero-order valence-corrected chi connectivity index (χ0v) is 12.3. The zero-order chi connectivity index (χ0) is 14.8. The Morgan fingerprint density at radius 1 is 1.24 bits per heavy atom. The number of nitrogens with zero attached hydrogens (tertiary/aromatic N) is 1. The molecule has 0 aliphatic heterocycles. The van der Waals surface area contributed by atoms with Crippen LogP contribution in [0.25, 0.3) is 22.6 Å². The molecule has 2 aromatic carbocycles. The summed E-state index contributed by atoms with van der Waals surface area (Å²) in [4.78, 5) is 4.48. The van der Waals surface area contributed by atoms with Crippen molar-refractivity contribution in [2.45, 2.75) is 6.92 Å². The maximum absolute atomic E-state index is 8.79. The maximum Gasteiger partial charge on any atom is 0.227 e. The largest absolute Gasteiger partial charge is 0.436 e. The number of rotatable bonds is 4. The van der Waals surface area contributed by atoms with E-state index in [-0.39, 0.29) is 6.61 Å². The summed E-state index contributed by atoms with van der Waals surface area (Å²) >= 11 is 6.04. The summed E-state index contributed by atoms with van der Waals surface area (Å²) in [6, 6.07) is 11.4. The van der Waals surface area contributed by atoms with Crippen LogP contribution in [0.5, 0.6) is 0 Å². The molecule has 108 valence electrons. The molecule has 3 rings (SSSR count). The molecule has 0 bridgehead atoms. The Morgan fingerprint density at radius 3 is 2.71 bits per heavy atom. The third-order valence-corrected chi connectivity index (χ3v) is 3.43. The Hall–Kier alpha value is -2.04. The molecule has 0 amide bonds. The first-order chi connectivity index (χ1) is 10.2. The summed E-state index contributed by atoms with van der Waals surface area (Å²) < 4.78 is 5.83. The first-order valence-electron chi connectivity index (χ1n) is 6.69. The minimum absolute atomic E-state index is 0.104. The van der Waals surface area contributed by atoms with E-state index in [9.17, 15) is 0 Å². The summed E-state index contributed by atoms with van der Waals surface area (Å²) in [7, 11) is 0. The molecular formula is C16H15ClN2O2. The Bertz CT molecular complexity index is 766. The van der Waals surface area contributed by atoms with Gasteiger partial charge in [-0.15, -0.1) is 0 Å². The molecule has 0 saturated carbocycles. The molecule has 5 heteroatoms. The average Bonchev–Trinajstić information content (AvgIpc) is 2.90. The number of aromatic nitrogens is 1. The van der Waals surface area contributed by atoms with Gasteiger partial charge in [0.2, 0.25) is 5.89 Å². The number of nitrogens with one attached hydrogen (secondary N) is 1. The smallest absolute Gasteiger partial charge is 0.227 e. The van der Waals surface area contributed by atoms with Crippen LogP contribution < -0.4 is 5.32 Å². The third-order valence-electron chi connectivity index (χ3n) is 3.21. The van der Waals surface area contributed by atoms with Crippen molar-refractivity contribution < 1.29 is 9.52 Å². The van der Waals surface area contributed by atoms with Gasteiger partial charge in [0.1, 0.15) is 5.52 Å². The lowest BCUT2D eigenvalue weighted by Crippen LogP contribution is -2.04. The molecule has 3 aromatic rings. The van der Waals surface area contributed by atoms with Crippen molar-refractivity contribution in [3.05, 3.63) is 47.0 Å². The van der Waals surface area contributed by atoms with Crippen molar-refractivity contribution in [1.29, 1.82) is 0 Å². The van der Waals surface area contributed by atoms with E-state index in [1.54, 1.807) is 6.07 Å². The van der Waals surface area contributed by atoms with E-state index in [1.165, 1.54) is 0 Å². The SMILES string of the molecule is Cc1cc(Cl)cc2nc(-c3ccc(NCCO)cc3)oc12. The van der Waals surface area contributed by atoms with Crippen molar-refractivity contribution in [3.63, 3.8) is 0 Å². The summed E-state index contributed by atoms with van der Waals surface area (Å²) in [6.45, 7) is 2.58. The Morgan fingerprint density at radius 2 is 2.00 bits per heavy atom. The van der Waals surface area contributed by atoms with Gasteiger partial charge in [-0.05, 0) is 48.9 Å². The fourth-order valence-corrected chi connectivity index (χ4v) is 2.48. The van der Waals surface area contributed by atoms with Gasteiger partial charge in [-0.3, -0.25) is 0 Å². The van der Waals surface area contributed by atoms with Crippen LogP contribution in [-0.4, -0.2) is 23.2 Å². The molecule has 0 spiro atoms. The van der Waals surface area contributed by atoms with Crippen LogP contribution >= 0.6 is 11.6 Å². The Balaban J connectivity index is 1.95. The second kappa shape index (κ2) is 5.76. The number of fused-ring (bicyclic) bond motifs is 1. The summed E-state index contributed by atoms with van der Waals surface area (Å²) in [6.07, 6.45) is 0. The highest BCUT2D eigenvalue weighted by atomic mass is 35.5. The predicted octanol–water partition coefficient (Wildman–Crippen LogP) is 3.86. The van der Waals surface area contributed by atoms with Gasteiger partial charge in [0.25, 0.3) is 0 Å². The van der Waals surface area contributed by atoms with Gasteiger partial charge in [0.15, 0.2) is 5.58 Å². The molecule has 0 fully saturated rings. The van der Waals surface area contributed by atoms with E-state index in [0.717, 1.165) is 27.9 Å². The molecule has 21 heavy (non-hydrogen) atoms. The van der Waals surface area contributed by atoms with Crippen LogP contribution in [0.2, 0.25) is 5.02 Å². The summed E-state index contributed by atoms with van der Waals surface area (Å²) in [5, 5.41) is 12.5. The van der Waals surface area contributed by atoms with E-state index in [4.69, 9.17) is 21.1 Å². The van der Waals surface area contributed by atoms with Crippen LogP contribution in [-0.2, 0) is 0 Å². The number of anilines is 1. The molecule has 0 saturated heterocycles. The summed E-state index contributed by atoms with van der Waals surface area (Å²) in [5.41, 5.74) is 4.34. The normalized spacial score (nSPS) is 11.0. The Labute approximate surface area is 127 Å². The number of hydrogen-bond acceptors (Lipinski definition) is 4. The standard InChI is InChI=1S/C16H15ClN2O2/c1-10-8-12(17)9-14-15(10)21-16(19-14)11-2-4-13(5-3-11)18-6-7-20/h2-5,8-9,18,20H,6-7H2,1H3. The first kappa shape index (κ1) is 13.9. The van der Waals surface area contributed by atoms with Crippen molar-refractivity contribution in [2.75, 3.05) is 18.5 Å². The monoisotopic (exact) mass is 302 g/mol. The number of aliphatic hydroxyl groups excluding tert-OH is 1. The highest BCUT2D eigenvalue weighted by molar-refractivity contribution is 6.31. The van der Waals surface area contributed by atoms with Crippen LogP contribution in [0.4, 0.5) is 5.69 Å². The molecule has 0 aliphatic carbocycles. The lowest BCUT2D eigenvalue weighted by Gasteiger charge is -2.04. The predicted molar refractivity (Wildman–Crippen MR) is 84.8 cm³/mol. The molecule has 0 radical (unpaired) electrons. The second-order valence-electron chi connectivity index (χ2n) is 4.82. The topological polar surface area (TPSA) is 58.3 Å². The summed E-state index contributed by atoms with van der Waals surface area (Å²) in [5.74, 6) is 0.573. The fourth-order valence-electron chi connectivity index (χ4n) is 2.21. The second-order valence-corrected chi connectivity index (χ2v) is 5.25. The minimum Gasteiger partial charge on any atom is -0.436 e. The molecule has 1 aromatic heterocycles. The number of aliphatic hydroxyl groups is 1. The number of halogens is 1. The van der Waals surface area contributed by atoms with E-state index in [2.05, 4.69) is 10.3 Å². The van der Waals surface area contributed by atoms with Gasteiger partial charge in [-0.1, -0.05) is 11.6 Å². The van der Waals surface area contributed by atoms with E-state index >= 15 is 0 Å². The van der Waals surface area contributed by atoms with E-state index in [0.29, 0.717) is 17.5 Å². The van der Waals surface area contributed by atoms with E-state index in [1.807, 2.05) is 37.3 Å². The highest BCUT2D eigenvalue weighted by Crippen LogP contribution is 2.29. The lowest BCUT2D eigenvalue weighted by atomic mass is 10.2. The lowest BCUT2D eigenvalue weighted by molar-refractivity contribution is 0.311. The Kier molecular flexibility index (Phi) is 3.82. The van der Waals surface area contributed by atoms with Crippen LogP contribution in [0.15, 0.2) is 40.8 Å². The molecule has 0 unspecified atom stereocenters. The quantitative estimate of drug-likeness (QED) is 0.768. The van der Waals surface area contributed by atoms with Crippen LogP contribution in [0.1, 0.15) is 5.56 Å². The van der Waals surface area contributed by atoms with Crippen LogP contribution in [0, 0.1) is 6.92 Å². The number of hydrogen-bond donors (Lipinski definition) is 2. The molecule has 1 heterocycles. The minimum atomic E-state index is 0.104. The molecule has 2 N–H and O–H groups in total. The van der Waals surface area contributed by atoms with Crippen molar-refractivity contribution in [1.82, 2.24) is 4.98 Å². The van der Waals surface area contributed by atoms with E-state index < -0.39 is 0 Å². The van der Waals surface area contributed by atoms with Gasteiger partial charge in [-0.25, -0.2) is 4.98 Å². The maximum atomic E-state index is 8.79. The molecular weight excluding hydrogens is 288 g/mol. The van der Waals surface area contributed by atoms with Gasteiger partial charge >= 0.3 is 0 Å². The van der Waals surface area contributed by atoms with Gasteiger partial charge in [0.05, 0.1) is 6.61 Å². The fraction of sp³-hybridized carbons (Fsp3) is 0.188. The van der Waals surface area contributed by atoms with Gasteiger partial charge in [0, 0.05) is 22.8 Å². The molecule has 0 atom stereocenters. The van der Waals surface area contributed by atoms with Crippen molar-refractivity contribution >= 4 is 28.4 Å². The van der Waals surface area contributed by atoms with Crippen molar-refractivity contribution in [3.8, 4) is 11.5 Å². The third kappa shape index (κ3) is 2.86. The number of oxazole rings is 1. The van der Waals surface area contributed by atoms with Crippen molar-refractivity contribution in [2.24, 2.45) is 0 Å².